The number of nitrogens with one attached hydrogen (secondary N) is 1. The van der Waals surface area contributed by atoms with Gasteiger partial charge >= 0.3 is 0 Å². The highest BCUT2D eigenvalue weighted by atomic mass is 15.2. The second kappa shape index (κ2) is 6.65. The minimum absolute atomic E-state index is 0.589. The van der Waals surface area contributed by atoms with E-state index in [-0.39, 0.29) is 0 Å². The number of hydrogen-bond donors (Lipinski definition) is 2. The van der Waals surface area contributed by atoms with Crippen LogP contribution in [0.3, 0.4) is 0 Å². The van der Waals surface area contributed by atoms with Crippen molar-refractivity contribution in [3.05, 3.63) is 0 Å². The van der Waals surface area contributed by atoms with Crippen LogP contribution in [0.1, 0.15) is 26.2 Å². The molecule has 0 aliphatic carbocycles. The molecule has 0 spiro atoms. The topological polar surface area (TPSA) is 53.6 Å². The zero-order chi connectivity index (χ0) is 10.2. The average molecular weight is 198 g/mol. The van der Waals surface area contributed by atoms with E-state index < -0.39 is 0 Å². The summed E-state index contributed by atoms with van der Waals surface area (Å²) in [6, 6.07) is 0. The number of nitrogens with two attached hydrogens (primary N) is 1. The number of likely N-dealkylation sites (tertiary alicyclic amines) is 1. The van der Waals surface area contributed by atoms with Gasteiger partial charge in [-0.15, -0.1) is 0 Å². The zero-order valence-electron chi connectivity index (χ0n) is 9.13. The van der Waals surface area contributed by atoms with E-state index >= 15 is 0 Å². The van der Waals surface area contributed by atoms with Gasteiger partial charge in [-0.1, -0.05) is 6.92 Å². The van der Waals surface area contributed by atoms with Gasteiger partial charge in [0, 0.05) is 19.6 Å². The molecule has 1 aliphatic heterocycles. The fourth-order valence-electron chi connectivity index (χ4n) is 1.64. The first-order valence-corrected chi connectivity index (χ1v) is 5.59. The lowest BCUT2D eigenvalue weighted by atomic mass is 10.4. The van der Waals surface area contributed by atoms with Crippen LogP contribution < -0.4 is 11.1 Å². The average Bonchev–Trinajstić information content (AvgIpc) is 2.67. The molecule has 1 aliphatic rings. The van der Waals surface area contributed by atoms with Crippen molar-refractivity contribution in [3.8, 4) is 0 Å². The maximum Gasteiger partial charge on any atom is 0.188 e. The smallest absolute Gasteiger partial charge is 0.188 e. The first-order valence-electron chi connectivity index (χ1n) is 5.59. The molecule has 0 aromatic rings. The summed E-state index contributed by atoms with van der Waals surface area (Å²) in [6.07, 6.45) is 3.74. The Kier molecular flexibility index (Phi) is 5.37. The maximum absolute atomic E-state index is 5.66. The second-order valence-corrected chi connectivity index (χ2v) is 3.74. The van der Waals surface area contributed by atoms with Crippen molar-refractivity contribution in [2.75, 3.05) is 32.7 Å². The van der Waals surface area contributed by atoms with Gasteiger partial charge in [-0.05, 0) is 32.4 Å². The molecule has 3 N–H and O–H groups in total. The highest BCUT2D eigenvalue weighted by Gasteiger charge is 2.09. The first-order chi connectivity index (χ1) is 6.83. The Labute approximate surface area is 86.6 Å². The molecule has 1 saturated heterocycles. The van der Waals surface area contributed by atoms with Crippen molar-refractivity contribution in [1.29, 1.82) is 0 Å². The summed E-state index contributed by atoms with van der Waals surface area (Å²) in [7, 11) is 0. The molecule has 82 valence electrons. The molecule has 0 unspecified atom stereocenters. The summed E-state index contributed by atoms with van der Waals surface area (Å²) in [5.41, 5.74) is 5.66. The fourth-order valence-corrected chi connectivity index (χ4v) is 1.64. The van der Waals surface area contributed by atoms with Crippen LogP contribution in [0.4, 0.5) is 0 Å². The molecular formula is C10H22N4. The molecule has 0 radical (unpaired) electrons. The standard InChI is InChI=1S/C10H22N4/c1-2-5-12-10(11)13-6-9-14-7-3-4-8-14/h2-9H2,1H3,(H3,11,12,13). The molecular weight excluding hydrogens is 176 g/mol. The third kappa shape index (κ3) is 4.46. The van der Waals surface area contributed by atoms with Crippen molar-refractivity contribution < 1.29 is 0 Å². The molecule has 0 atom stereocenters. The summed E-state index contributed by atoms with van der Waals surface area (Å²) in [6.45, 7) is 7.41. The van der Waals surface area contributed by atoms with Crippen LogP contribution >= 0.6 is 0 Å². The summed E-state index contributed by atoms with van der Waals surface area (Å²) < 4.78 is 0. The van der Waals surface area contributed by atoms with Crippen molar-refractivity contribution in [2.45, 2.75) is 26.2 Å². The first kappa shape index (κ1) is 11.3. The van der Waals surface area contributed by atoms with Crippen LogP contribution in [0.15, 0.2) is 4.99 Å². The Morgan fingerprint density at radius 1 is 1.43 bits per heavy atom. The van der Waals surface area contributed by atoms with E-state index in [0.717, 1.165) is 26.1 Å². The van der Waals surface area contributed by atoms with Crippen LogP contribution in [0.5, 0.6) is 0 Å². The van der Waals surface area contributed by atoms with E-state index in [9.17, 15) is 0 Å². The molecule has 1 heterocycles. The van der Waals surface area contributed by atoms with E-state index in [1.54, 1.807) is 0 Å². The van der Waals surface area contributed by atoms with Crippen molar-refractivity contribution in [3.63, 3.8) is 0 Å². The van der Waals surface area contributed by atoms with Gasteiger partial charge in [-0.25, -0.2) is 0 Å². The predicted octanol–water partition coefficient (Wildman–Crippen LogP) is 0.397. The van der Waals surface area contributed by atoms with E-state index in [4.69, 9.17) is 5.73 Å². The summed E-state index contributed by atoms with van der Waals surface area (Å²) in [4.78, 5) is 6.63. The largest absolute Gasteiger partial charge is 0.370 e. The van der Waals surface area contributed by atoms with Gasteiger partial charge in [0.25, 0.3) is 0 Å². The Morgan fingerprint density at radius 2 is 2.14 bits per heavy atom. The van der Waals surface area contributed by atoms with Crippen molar-refractivity contribution in [1.82, 2.24) is 10.2 Å². The molecule has 1 rings (SSSR count). The lowest BCUT2D eigenvalue weighted by Gasteiger charge is -2.14. The molecule has 0 saturated carbocycles. The van der Waals surface area contributed by atoms with E-state index in [0.29, 0.717) is 5.96 Å². The van der Waals surface area contributed by atoms with E-state index in [1.165, 1.54) is 25.9 Å². The Bertz CT molecular complexity index is 173. The molecule has 4 heteroatoms. The SMILES string of the molecule is CCCN=C(N)NCCN1CCCC1. The molecule has 0 aromatic heterocycles. The predicted molar refractivity (Wildman–Crippen MR) is 60.5 cm³/mol. The summed E-state index contributed by atoms with van der Waals surface area (Å²) in [5, 5.41) is 3.13. The van der Waals surface area contributed by atoms with Crippen LogP contribution in [0, 0.1) is 0 Å². The van der Waals surface area contributed by atoms with Crippen molar-refractivity contribution in [2.24, 2.45) is 10.7 Å². The number of rotatable bonds is 5. The van der Waals surface area contributed by atoms with Gasteiger partial charge in [0.15, 0.2) is 5.96 Å². The minimum atomic E-state index is 0.589. The normalized spacial score (nSPS) is 18.8. The van der Waals surface area contributed by atoms with Gasteiger partial charge in [-0.2, -0.15) is 0 Å². The summed E-state index contributed by atoms with van der Waals surface area (Å²) >= 11 is 0. The summed E-state index contributed by atoms with van der Waals surface area (Å²) in [5.74, 6) is 0.589. The molecule has 1 fully saturated rings. The highest BCUT2D eigenvalue weighted by Crippen LogP contribution is 2.05. The third-order valence-corrected chi connectivity index (χ3v) is 2.44. The van der Waals surface area contributed by atoms with Crippen LogP contribution in [0.2, 0.25) is 0 Å². The number of nitrogens with zero attached hydrogens (tertiary/aromatic N) is 2. The number of hydrogen-bond acceptors (Lipinski definition) is 2. The fraction of sp³-hybridized carbons (Fsp3) is 0.900. The Morgan fingerprint density at radius 3 is 2.79 bits per heavy atom. The van der Waals surface area contributed by atoms with Crippen LogP contribution in [-0.2, 0) is 0 Å². The Hall–Kier alpha value is -0.770. The number of guanidine groups is 1. The van der Waals surface area contributed by atoms with E-state index in [2.05, 4.69) is 22.1 Å². The molecule has 0 amide bonds. The number of aliphatic imine (C=N–C) groups is 1. The van der Waals surface area contributed by atoms with E-state index in [1.807, 2.05) is 0 Å². The lowest BCUT2D eigenvalue weighted by Crippen LogP contribution is -2.37. The lowest BCUT2D eigenvalue weighted by molar-refractivity contribution is 0.343. The molecule has 0 bridgehead atoms. The third-order valence-electron chi connectivity index (χ3n) is 2.44. The molecule has 0 aromatic carbocycles. The minimum Gasteiger partial charge on any atom is -0.370 e. The van der Waals surface area contributed by atoms with Crippen LogP contribution in [0.25, 0.3) is 0 Å². The molecule has 4 nitrogen and oxygen atoms in total. The molecule has 14 heavy (non-hydrogen) atoms. The van der Waals surface area contributed by atoms with Gasteiger partial charge in [0.1, 0.15) is 0 Å². The second-order valence-electron chi connectivity index (χ2n) is 3.74. The Balaban J connectivity index is 2.02. The quantitative estimate of drug-likeness (QED) is 0.496. The van der Waals surface area contributed by atoms with Gasteiger partial charge in [0.2, 0.25) is 0 Å². The van der Waals surface area contributed by atoms with Gasteiger partial charge in [0.05, 0.1) is 0 Å². The zero-order valence-corrected chi connectivity index (χ0v) is 9.13. The van der Waals surface area contributed by atoms with Gasteiger partial charge < -0.3 is 16.0 Å². The van der Waals surface area contributed by atoms with Crippen LogP contribution in [-0.4, -0.2) is 43.6 Å². The monoisotopic (exact) mass is 198 g/mol. The van der Waals surface area contributed by atoms with Gasteiger partial charge in [-0.3, -0.25) is 4.99 Å². The van der Waals surface area contributed by atoms with Crippen molar-refractivity contribution >= 4 is 5.96 Å². The highest BCUT2D eigenvalue weighted by molar-refractivity contribution is 5.77. The maximum atomic E-state index is 5.66.